The molecular formula is C61H98O6. The number of ether oxygens (including phenoxy) is 3. The maximum Gasteiger partial charge on any atom is 0.306 e. The summed E-state index contributed by atoms with van der Waals surface area (Å²) >= 11 is 0. The zero-order valence-electron chi connectivity index (χ0n) is 43.1. The molecule has 0 bridgehead atoms. The first-order chi connectivity index (χ1) is 33.0. The lowest BCUT2D eigenvalue weighted by Gasteiger charge is -2.18. The van der Waals surface area contributed by atoms with E-state index in [1.54, 1.807) is 0 Å². The first-order valence-corrected chi connectivity index (χ1v) is 27.0. The largest absolute Gasteiger partial charge is 0.462 e. The third kappa shape index (κ3) is 52.6. The molecule has 6 heteroatoms. The zero-order chi connectivity index (χ0) is 48.6. The van der Waals surface area contributed by atoms with Gasteiger partial charge in [0.2, 0.25) is 0 Å². The van der Waals surface area contributed by atoms with Gasteiger partial charge in [-0.25, -0.2) is 0 Å². The van der Waals surface area contributed by atoms with Gasteiger partial charge in [-0.2, -0.15) is 0 Å². The molecular weight excluding hydrogens is 829 g/mol. The third-order valence-corrected chi connectivity index (χ3v) is 10.9. The highest BCUT2D eigenvalue weighted by Gasteiger charge is 2.19. The normalized spacial score (nSPS) is 13.1. The van der Waals surface area contributed by atoms with Crippen LogP contribution in [0.2, 0.25) is 0 Å². The molecule has 0 saturated heterocycles. The van der Waals surface area contributed by atoms with Crippen molar-refractivity contribution in [1.29, 1.82) is 0 Å². The van der Waals surface area contributed by atoms with E-state index in [0.717, 1.165) is 96.3 Å². The SMILES string of the molecule is CCCCC/C=C\C/C=C\C/C=C\C/C=C\CCCC(=O)OC[C@@H](COC(=O)CCCCCCC/C=C\C/C=C\CCCCC)OC(=O)CCC/C=C\C/C=C\C/C=C\C/C=C\CCCCC. The lowest BCUT2D eigenvalue weighted by molar-refractivity contribution is -0.167. The number of hydrogen-bond donors (Lipinski definition) is 0. The van der Waals surface area contributed by atoms with Crippen LogP contribution in [0, 0.1) is 0 Å². The van der Waals surface area contributed by atoms with Crippen molar-refractivity contribution >= 4 is 17.9 Å². The van der Waals surface area contributed by atoms with Crippen molar-refractivity contribution < 1.29 is 28.6 Å². The molecule has 0 aromatic rings. The van der Waals surface area contributed by atoms with Crippen LogP contribution in [0.25, 0.3) is 0 Å². The Bertz CT molecular complexity index is 1440. The molecule has 67 heavy (non-hydrogen) atoms. The van der Waals surface area contributed by atoms with E-state index in [9.17, 15) is 14.4 Å². The van der Waals surface area contributed by atoms with Gasteiger partial charge < -0.3 is 14.2 Å². The summed E-state index contributed by atoms with van der Waals surface area (Å²) in [5.41, 5.74) is 0. The van der Waals surface area contributed by atoms with Crippen molar-refractivity contribution in [2.45, 2.75) is 232 Å². The number of carbonyl (C=O) groups excluding carboxylic acids is 3. The second-order valence-corrected chi connectivity index (χ2v) is 17.4. The maximum absolute atomic E-state index is 12.8. The van der Waals surface area contributed by atoms with Crippen LogP contribution < -0.4 is 0 Å². The molecule has 6 nitrogen and oxygen atoms in total. The Hall–Kier alpha value is -4.19. The van der Waals surface area contributed by atoms with Gasteiger partial charge in [0.1, 0.15) is 13.2 Å². The Morgan fingerprint density at radius 3 is 0.896 bits per heavy atom. The fourth-order valence-electron chi connectivity index (χ4n) is 6.81. The number of hydrogen-bond acceptors (Lipinski definition) is 6. The lowest BCUT2D eigenvalue weighted by atomic mass is 10.1. The second kappa shape index (κ2) is 54.4. The summed E-state index contributed by atoms with van der Waals surface area (Å²) in [6, 6.07) is 0. The average molecular weight is 927 g/mol. The zero-order valence-corrected chi connectivity index (χ0v) is 43.1. The molecule has 0 N–H and O–H groups in total. The summed E-state index contributed by atoms with van der Waals surface area (Å²) in [7, 11) is 0. The fourth-order valence-corrected chi connectivity index (χ4v) is 6.81. The summed E-state index contributed by atoms with van der Waals surface area (Å²) in [6.07, 6.45) is 74.7. The van der Waals surface area contributed by atoms with E-state index in [1.807, 2.05) is 0 Å². The van der Waals surface area contributed by atoms with Crippen LogP contribution in [0.1, 0.15) is 226 Å². The van der Waals surface area contributed by atoms with Crippen LogP contribution in [0.15, 0.2) is 122 Å². The van der Waals surface area contributed by atoms with Crippen LogP contribution >= 0.6 is 0 Å². The highest BCUT2D eigenvalue weighted by molar-refractivity contribution is 5.71. The lowest BCUT2D eigenvalue weighted by Crippen LogP contribution is -2.30. The van der Waals surface area contributed by atoms with E-state index in [1.165, 1.54) is 77.0 Å². The molecule has 0 saturated carbocycles. The van der Waals surface area contributed by atoms with Crippen molar-refractivity contribution in [3.8, 4) is 0 Å². The summed E-state index contributed by atoms with van der Waals surface area (Å²) < 4.78 is 16.7. The number of esters is 3. The topological polar surface area (TPSA) is 78.9 Å². The van der Waals surface area contributed by atoms with Gasteiger partial charge in [-0.1, -0.05) is 200 Å². The van der Waals surface area contributed by atoms with Crippen LogP contribution in [0.3, 0.4) is 0 Å². The standard InChI is InChI=1S/C61H98O6/c1-4-7-10-13-16-19-22-25-28-30-33-36-39-42-45-48-51-54-60(63)66-57-58(56-65-59(62)53-50-47-44-41-38-35-32-27-24-21-18-15-12-9-6-3)67-61(64)55-52-49-46-43-40-37-34-31-29-26-23-20-17-14-11-8-5-2/h16-21,25-29,32-34,36-37,42-43,45-46,58H,4-15,22-24,30-31,35,38-41,44,47-57H2,1-3H3/b19-16-,20-17-,21-18-,28-25-,29-26-,32-27-,36-33-,37-34-,45-42-,46-43-/t58-/m1/s1. The molecule has 0 fully saturated rings. The van der Waals surface area contributed by atoms with Crippen molar-refractivity contribution in [2.24, 2.45) is 0 Å². The molecule has 0 heterocycles. The van der Waals surface area contributed by atoms with Crippen LogP contribution in [0.5, 0.6) is 0 Å². The molecule has 0 aromatic heterocycles. The summed E-state index contributed by atoms with van der Waals surface area (Å²) in [5.74, 6) is -1.06. The number of carbonyl (C=O) groups is 3. The minimum atomic E-state index is -0.838. The predicted molar refractivity (Wildman–Crippen MR) is 288 cm³/mol. The van der Waals surface area contributed by atoms with E-state index in [-0.39, 0.29) is 44.0 Å². The monoisotopic (exact) mass is 927 g/mol. The molecule has 0 aliphatic carbocycles. The smallest absolute Gasteiger partial charge is 0.306 e. The van der Waals surface area contributed by atoms with Gasteiger partial charge in [-0.15, -0.1) is 0 Å². The first kappa shape index (κ1) is 62.8. The Kier molecular flexibility index (Phi) is 51.0. The summed E-state index contributed by atoms with van der Waals surface area (Å²) in [4.78, 5) is 38.0. The van der Waals surface area contributed by atoms with E-state index in [2.05, 4.69) is 142 Å². The summed E-state index contributed by atoms with van der Waals surface area (Å²) in [5, 5.41) is 0. The molecule has 0 rings (SSSR count). The number of unbranched alkanes of at least 4 members (excludes halogenated alkanes) is 16. The Labute approximate surface area is 412 Å². The van der Waals surface area contributed by atoms with Crippen LogP contribution in [-0.4, -0.2) is 37.2 Å². The Balaban J connectivity index is 4.61. The van der Waals surface area contributed by atoms with E-state index < -0.39 is 6.10 Å². The van der Waals surface area contributed by atoms with Gasteiger partial charge in [0.15, 0.2) is 6.10 Å². The molecule has 0 radical (unpaired) electrons. The van der Waals surface area contributed by atoms with Crippen molar-refractivity contribution in [2.75, 3.05) is 13.2 Å². The van der Waals surface area contributed by atoms with Crippen LogP contribution in [0.4, 0.5) is 0 Å². The van der Waals surface area contributed by atoms with Gasteiger partial charge in [-0.05, 0) is 128 Å². The fraction of sp³-hybridized carbons (Fsp3) is 0.623. The maximum atomic E-state index is 12.8. The molecule has 378 valence electrons. The first-order valence-electron chi connectivity index (χ1n) is 27.0. The highest BCUT2D eigenvalue weighted by Crippen LogP contribution is 2.11. The molecule has 0 aliphatic heterocycles. The molecule has 0 aliphatic rings. The molecule has 0 aromatic carbocycles. The second-order valence-electron chi connectivity index (χ2n) is 17.4. The summed E-state index contributed by atoms with van der Waals surface area (Å²) in [6.45, 7) is 6.43. The molecule has 0 spiro atoms. The minimum absolute atomic E-state index is 0.127. The number of rotatable bonds is 47. The van der Waals surface area contributed by atoms with Crippen molar-refractivity contribution in [1.82, 2.24) is 0 Å². The van der Waals surface area contributed by atoms with Crippen molar-refractivity contribution in [3.05, 3.63) is 122 Å². The quantitative estimate of drug-likeness (QED) is 0.0262. The van der Waals surface area contributed by atoms with Crippen LogP contribution in [-0.2, 0) is 28.6 Å². The van der Waals surface area contributed by atoms with E-state index >= 15 is 0 Å². The average Bonchev–Trinajstić information content (AvgIpc) is 3.33. The number of allylic oxidation sites excluding steroid dienone is 20. The van der Waals surface area contributed by atoms with Gasteiger partial charge >= 0.3 is 17.9 Å². The van der Waals surface area contributed by atoms with Gasteiger partial charge in [0.05, 0.1) is 0 Å². The Morgan fingerprint density at radius 1 is 0.299 bits per heavy atom. The predicted octanol–water partition coefficient (Wildman–Crippen LogP) is 18.1. The van der Waals surface area contributed by atoms with Crippen molar-refractivity contribution in [3.63, 3.8) is 0 Å². The van der Waals surface area contributed by atoms with E-state index in [0.29, 0.717) is 19.3 Å². The van der Waals surface area contributed by atoms with Gasteiger partial charge in [0, 0.05) is 19.3 Å². The van der Waals surface area contributed by atoms with Gasteiger partial charge in [-0.3, -0.25) is 14.4 Å². The molecule has 0 amide bonds. The molecule has 1 atom stereocenters. The minimum Gasteiger partial charge on any atom is -0.462 e. The van der Waals surface area contributed by atoms with Gasteiger partial charge in [0.25, 0.3) is 0 Å². The third-order valence-electron chi connectivity index (χ3n) is 10.9. The Morgan fingerprint density at radius 2 is 0.552 bits per heavy atom. The van der Waals surface area contributed by atoms with E-state index in [4.69, 9.17) is 14.2 Å². The highest BCUT2D eigenvalue weighted by atomic mass is 16.6. The molecule has 0 unspecified atom stereocenters.